The van der Waals surface area contributed by atoms with Crippen LogP contribution in [0.25, 0.3) is 0 Å². The number of hydrogen-bond acceptors (Lipinski definition) is 8. The maximum atomic E-state index is 12.3. The van der Waals surface area contributed by atoms with E-state index in [4.69, 9.17) is 9.15 Å². The van der Waals surface area contributed by atoms with E-state index in [0.29, 0.717) is 5.69 Å². The molecule has 2 amide bonds. The zero-order valence-corrected chi connectivity index (χ0v) is 14.2. The number of carbonyl (C=O) groups is 3. The van der Waals surface area contributed by atoms with E-state index in [2.05, 4.69) is 10.3 Å². The van der Waals surface area contributed by atoms with E-state index in [1.54, 1.807) is 6.07 Å². The van der Waals surface area contributed by atoms with Gasteiger partial charge in [0.05, 0.1) is 18.6 Å². The third kappa shape index (κ3) is 5.69. The molecule has 0 aliphatic heterocycles. The van der Waals surface area contributed by atoms with E-state index >= 15 is 0 Å². The molecule has 0 saturated carbocycles. The molecule has 2 rings (SSSR count). The Morgan fingerprint density at radius 3 is 2.88 bits per heavy atom. The molecule has 0 fully saturated rings. The zero-order chi connectivity index (χ0) is 18.2. The van der Waals surface area contributed by atoms with Crippen LogP contribution >= 0.6 is 11.3 Å². The molecule has 0 saturated heterocycles. The third-order valence-corrected chi connectivity index (χ3v) is 3.85. The lowest BCUT2D eigenvalue weighted by atomic mass is 10.3. The molecule has 0 aromatic carbocycles. The van der Waals surface area contributed by atoms with Crippen LogP contribution in [0.2, 0.25) is 0 Å². The van der Waals surface area contributed by atoms with Gasteiger partial charge in [0.25, 0.3) is 5.91 Å². The monoisotopic (exact) mass is 366 g/mol. The summed E-state index contributed by atoms with van der Waals surface area (Å²) in [4.78, 5) is 40.3. The van der Waals surface area contributed by atoms with Crippen molar-refractivity contribution in [3.63, 3.8) is 0 Å². The summed E-state index contributed by atoms with van der Waals surface area (Å²) in [6, 6.07) is 3.09. The summed E-state index contributed by atoms with van der Waals surface area (Å²) < 4.78 is 10.0. The lowest BCUT2D eigenvalue weighted by Gasteiger charge is -2.20. The second kappa shape index (κ2) is 8.94. The van der Waals surface area contributed by atoms with Crippen LogP contribution in [0.5, 0.6) is 0 Å². The average molecular weight is 366 g/mol. The van der Waals surface area contributed by atoms with Crippen LogP contribution in [0.4, 0.5) is 5.13 Å². The highest BCUT2D eigenvalue weighted by molar-refractivity contribution is 7.13. The van der Waals surface area contributed by atoms with E-state index in [-0.39, 0.29) is 37.0 Å². The fourth-order valence-electron chi connectivity index (χ4n) is 1.94. The van der Waals surface area contributed by atoms with Crippen LogP contribution < -0.4 is 10.4 Å². The number of thiazole rings is 1. The van der Waals surface area contributed by atoms with E-state index in [1.165, 1.54) is 29.7 Å². The molecule has 0 aliphatic rings. The first-order valence-corrected chi connectivity index (χ1v) is 8.13. The van der Waals surface area contributed by atoms with E-state index in [1.807, 2.05) is 0 Å². The number of furan rings is 1. The first-order valence-electron chi connectivity index (χ1n) is 7.25. The van der Waals surface area contributed by atoms with Gasteiger partial charge in [-0.1, -0.05) is 0 Å². The number of carboxylic acid groups (broad SMARTS) is 1. The summed E-state index contributed by atoms with van der Waals surface area (Å²) in [6.07, 6.45) is 1.04. The number of amides is 2. The number of aliphatic carboxylic acids is 1. The Balaban J connectivity index is 1.97. The predicted molar refractivity (Wildman–Crippen MR) is 85.9 cm³/mol. The molecule has 10 heteroatoms. The van der Waals surface area contributed by atoms with E-state index in [9.17, 15) is 19.5 Å². The van der Waals surface area contributed by atoms with E-state index in [0.717, 1.165) is 11.3 Å². The molecule has 0 radical (unpaired) electrons. The minimum Gasteiger partial charge on any atom is -0.550 e. The molecule has 0 aliphatic carbocycles. The van der Waals surface area contributed by atoms with Crippen molar-refractivity contribution in [3.05, 3.63) is 35.2 Å². The van der Waals surface area contributed by atoms with Crippen molar-refractivity contribution in [2.45, 2.75) is 6.42 Å². The molecule has 0 spiro atoms. The second-order valence-corrected chi connectivity index (χ2v) is 5.80. The van der Waals surface area contributed by atoms with Gasteiger partial charge in [-0.15, -0.1) is 11.3 Å². The summed E-state index contributed by atoms with van der Waals surface area (Å²) in [5.41, 5.74) is 0.295. The lowest BCUT2D eigenvalue weighted by Crippen LogP contribution is -2.39. The molecule has 2 heterocycles. The molecule has 0 atom stereocenters. The summed E-state index contributed by atoms with van der Waals surface area (Å²) in [6.45, 7) is 0.238. The van der Waals surface area contributed by atoms with Crippen molar-refractivity contribution in [3.8, 4) is 0 Å². The van der Waals surface area contributed by atoms with Crippen molar-refractivity contribution < 1.29 is 28.6 Å². The van der Waals surface area contributed by atoms with Gasteiger partial charge >= 0.3 is 0 Å². The Labute approximate surface area is 147 Å². The van der Waals surface area contributed by atoms with Crippen LogP contribution in [0.3, 0.4) is 0 Å². The van der Waals surface area contributed by atoms with Gasteiger partial charge in [0.2, 0.25) is 5.91 Å². The van der Waals surface area contributed by atoms with Crippen molar-refractivity contribution in [2.24, 2.45) is 0 Å². The molecule has 9 nitrogen and oxygen atoms in total. The highest BCUT2D eigenvalue weighted by Gasteiger charge is 2.21. The second-order valence-electron chi connectivity index (χ2n) is 4.94. The maximum absolute atomic E-state index is 12.3. The van der Waals surface area contributed by atoms with Gasteiger partial charge in [0.15, 0.2) is 10.9 Å². The van der Waals surface area contributed by atoms with Gasteiger partial charge in [-0.25, -0.2) is 4.98 Å². The Morgan fingerprint density at radius 2 is 2.24 bits per heavy atom. The Bertz CT molecular complexity index is 727. The standard InChI is InChI=1S/C15H17N3O6S/c1-23-6-4-18(14(22)11-3-2-5-24-11)8-12(19)17-15-16-10(9-25-15)7-13(20)21/h2-3,5,9H,4,6-8H2,1H3,(H,20,21)(H,16,17,19)/p-1. The van der Waals surface area contributed by atoms with Gasteiger partial charge in [0.1, 0.15) is 6.54 Å². The van der Waals surface area contributed by atoms with Crippen molar-refractivity contribution in [1.82, 2.24) is 9.88 Å². The van der Waals surface area contributed by atoms with Crippen molar-refractivity contribution in [1.29, 1.82) is 0 Å². The first kappa shape index (κ1) is 18.6. The quantitative estimate of drug-likeness (QED) is 0.649. The SMILES string of the molecule is COCCN(CC(=O)Nc1nc(CC(=O)[O-])cs1)C(=O)c1ccco1. The fraction of sp³-hybridized carbons (Fsp3) is 0.333. The number of rotatable bonds is 9. The third-order valence-electron chi connectivity index (χ3n) is 3.04. The number of ether oxygens (including phenoxy) is 1. The number of carbonyl (C=O) groups excluding carboxylic acids is 3. The molecule has 134 valence electrons. The van der Waals surface area contributed by atoms with Crippen LogP contribution in [-0.4, -0.2) is 54.5 Å². The highest BCUT2D eigenvalue weighted by atomic mass is 32.1. The molecular formula is C15H16N3O6S-. The van der Waals surface area contributed by atoms with Gasteiger partial charge < -0.3 is 29.3 Å². The van der Waals surface area contributed by atoms with Gasteiger partial charge in [-0.3, -0.25) is 9.59 Å². The number of hydrogen-bond donors (Lipinski definition) is 1. The Morgan fingerprint density at radius 1 is 1.44 bits per heavy atom. The van der Waals surface area contributed by atoms with Gasteiger partial charge in [-0.2, -0.15) is 0 Å². The fourth-order valence-corrected chi connectivity index (χ4v) is 2.66. The highest BCUT2D eigenvalue weighted by Crippen LogP contribution is 2.16. The lowest BCUT2D eigenvalue weighted by molar-refractivity contribution is -0.304. The molecule has 2 aromatic heterocycles. The molecule has 0 bridgehead atoms. The number of methoxy groups -OCH3 is 1. The van der Waals surface area contributed by atoms with E-state index < -0.39 is 17.8 Å². The average Bonchev–Trinajstić information content (AvgIpc) is 3.22. The van der Waals surface area contributed by atoms with Crippen molar-refractivity contribution in [2.75, 3.05) is 32.1 Å². The summed E-state index contributed by atoms with van der Waals surface area (Å²) in [5.74, 6) is -2.04. The van der Waals surface area contributed by atoms with Crippen LogP contribution in [0.15, 0.2) is 28.2 Å². The van der Waals surface area contributed by atoms with Crippen LogP contribution in [0, 0.1) is 0 Å². The Hall–Kier alpha value is -2.72. The topological polar surface area (TPSA) is 125 Å². The number of aromatic nitrogens is 1. The number of nitrogens with zero attached hydrogens (tertiary/aromatic N) is 2. The smallest absolute Gasteiger partial charge is 0.290 e. The minimum atomic E-state index is -1.25. The predicted octanol–water partition coefficient (Wildman–Crippen LogP) is -0.244. The van der Waals surface area contributed by atoms with Crippen molar-refractivity contribution >= 4 is 34.3 Å². The summed E-state index contributed by atoms with van der Waals surface area (Å²) >= 11 is 1.09. The number of carboxylic acids is 1. The first-order chi connectivity index (χ1) is 12.0. The van der Waals surface area contributed by atoms with Crippen LogP contribution in [0.1, 0.15) is 16.2 Å². The largest absolute Gasteiger partial charge is 0.550 e. The number of anilines is 1. The molecular weight excluding hydrogens is 350 g/mol. The normalized spacial score (nSPS) is 10.4. The maximum Gasteiger partial charge on any atom is 0.290 e. The molecule has 0 unspecified atom stereocenters. The Kier molecular flexibility index (Phi) is 6.66. The van der Waals surface area contributed by atoms with Gasteiger partial charge in [-0.05, 0) is 12.1 Å². The summed E-state index contributed by atoms with van der Waals surface area (Å²) in [7, 11) is 1.49. The minimum absolute atomic E-state index is 0.120. The summed E-state index contributed by atoms with van der Waals surface area (Å²) in [5, 5.41) is 14.8. The molecule has 2 aromatic rings. The zero-order valence-electron chi connectivity index (χ0n) is 13.4. The van der Waals surface area contributed by atoms with Crippen LogP contribution in [-0.2, 0) is 20.7 Å². The number of nitrogens with one attached hydrogen (secondary N) is 1. The van der Waals surface area contributed by atoms with Gasteiger partial charge in [0, 0.05) is 31.4 Å². The molecule has 1 N–H and O–H groups in total. The molecule has 25 heavy (non-hydrogen) atoms.